The number of hydrogen-bond acceptors (Lipinski definition) is 2. The number of nitrogens with one attached hydrogen (secondary N) is 1. The number of thioether (sulfide) groups is 1. The van der Waals surface area contributed by atoms with Crippen LogP contribution in [0.3, 0.4) is 0 Å². The van der Waals surface area contributed by atoms with Gasteiger partial charge in [0.25, 0.3) is 0 Å². The van der Waals surface area contributed by atoms with Crippen molar-refractivity contribution in [2.45, 2.75) is 26.2 Å². The number of carbonyl (C=O) groups excluding carboxylic acids is 1. The summed E-state index contributed by atoms with van der Waals surface area (Å²) in [5, 5.41) is 2.99. The third-order valence-electron chi connectivity index (χ3n) is 2.85. The lowest BCUT2D eigenvalue weighted by Crippen LogP contribution is -2.16. The largest absolute Gasteiger partial charge is 0.325 e. The van der Waals surface area contributed by atoms with Crippen molar-refractivity contribution in [1.82, 2.24) is 0 Å². The summed E-state index contributed by atoms with van der Waals surface area (Å²) < 4.78 is 0. The average Bonchev–Trinajstić information content (AvgIpc) is 2.39. The van der Waals surface area contributed by atoms with E-state index in [0.29, 0.717) is 11.7 Å². The molecule has 0 bridgehead atoms. The smallest absolute Gasteiger partial charge is 0.234 e. The molecule has 1 rings (SSSR count). The van der Waals surface area contributed by atoms with Crippen LogP contribution in [-0.2, 0) is 4.79 Å². The van der Waals surface area contributed by atoms with Gasteiger partial charge in [-0.3, -0.25) is 4.79 Å². The van der Waals surface area contributed by atoms with E-state index >= 15 is 0 Å². The van der Waals surface area contributed by atoms with Crippen LogP contribution in [0, 0.1) is 0 Å². The van der Waals surface area contributed by atoms with Gasteiger partial charge in [0.05, 0.1) is 5.75 Å². The van der Waals surface area contributed by atoms with Crippen LogP contribution in [0.1, 0.15) is 31.7 Å². The van der Waals surface area contributed by atoms with E-state index in [1.54, 1.807) is 11.8 Å². The lowest BCUT2D eigenvalue weighted by Gasteiger charge is -2.15. The lowest BCUT2D eigenvalue weighted by molar-refractivity contribution is -0.113. The molecule has 0 saturated carbocycles. The molecule has 1 unspecified atom stereocenters. The Hall–Kier alpha value is -1.22. The predicted molar refractivity (Wildman–Crippen MR) is 81.3 cm³/mol. The van der Waals surface area contributed by atoms with Gasteiger partial charge in [-0.05, 0) is 24.0 Å². The van der Waals surface area contributed by atoms with Gasteiger partial charge in [0, 0.05) is 11.4 Å². The maximum absolute atomic E-state index is 11.8. The number of amides is 1. The van der Waals surface area contributed by atoms with Crippen LogP contribution in [0.5, 0.6) is 0 Å². The van der Waals surface area contributed by atoms with Gasteiger partial charge in [0.15, 0.2) is 0 Å². The fourth-order valence-electron chi connectivity index (χ4n) is 1.68. The highest BCUT2D eigenvalue weighted by molar-refractivity contribution is 8.00. The maximum Gasteiger partial charge on any atom is 0.234 e. The van der Waals surface area contributed by atoms with Crippen LogP contribution in [0.4, 0.5) is 5.69 Å². The molecule has 0 fully saturated rings. The molecule has 2 nitrogen and oxygen atoms in total. The molecule has 18 heavy (non-hydrogen) atoms. The van der Waals surface area contributed by atoms with Crippen molar-refractivity contribution in [2.75, 3.05) is 16.8 Å². The molecule has 0 aliphatic heterocycles. The summed E-state index contributed by atoms with van der Waals surface area (Å²) in [6, 6.07) is 8.03. The molecule has 0 spiro atoms. The highest BCUT2D eigenvalue weighted by Gasteiger charge is 2.10. The summed E-state index contributed by atoms with van der Waals surface area (Å²) in [5.74, 6) is 1.79. The molecule has 1 atom stereocenters. The van der Waals surface area contributed by atoms with Crippen LogP contribution in [0.15, 0.2) is 36.9 Å². The van der Waals surface area contributed by atoms with Gasteiger partial charge in [0.1, 0.15) is 0 Å². The van der Waals surface area contributed by atoms with E-state index in [0.717, 1.165) is 17.9 Å². The summed E-state index contributed by atoms with van der Waals surface area (Å²) in [7, 11) is 0. The lowest BCUT2D eigenvalue weighted by atomic mass is 9.97. The van der Waals surface area contributed by atoms with E-state index in [4.69, 9.17) is 0 Å². The maximum atomic E-state index is 11.8. The molecule has 0 aliphatic rings. The highest BCUT2D eigenvalue weighted by atomic mass is 32.2. The molecule has 0 heterocycles. The van der Waals surface area contributed by atoms with Crippen molar-refractivity contribution < 1.29 is 4.79 Å². The minimum atomic E-state index is 0.0533. The third kappa shape index (κ3) is 4.57. The van der Waals surface area contributed by atoms with Gasteiger partial charge in [0.2, 0.25) is 5.91 Å². The number of anilines is 1. The van der Waals surface area contributed by atoms with Gasteiger partial charge < -0.3 is 5.32 Å². The number of benzene rings is 1. The molecule has 98 valence electrons. The zero-order valence-electron chi connectivity index (χ0n) is 11.1. The van der Waals surface area contributed by atoms with E-state index in [1.807, 2.05) is 24.3 Å². The molecule has 1 amide bonds. The first kappa shape index (κ1) is 14.8. The summed E-state index contributed by atoms with van der Waals surface area (Å²) in [4.78, 5) is 11.8. The zero-order valence-corrected chi connectivity index (χ0v) is 11.9. The summed E-state index contributed by atoms with van der Waals surface area (Å²) in [6.45, 7) is 7.97. The molecule has 0 radical (unpaired) electrons. The molecule has 1 aromatic carbocycles. The summed E-state index contributed by atoms with van der Waals surface area (Å²) in [5.41, 5.74) is 2.15. The second-order valence-corrected chi connectivity index (χ2v) is 5.28. The zero-order chi connectivity index (χ0) is 13.4. The fraction of sp³-hybridized carbons (Fsp3) is 0.400. The molecular formula is C15H21NOS. The SMILES string of the molecule is C=CCSCC(=O)Nc1ccccc1C(C)CC. The Bertz CT molecular complexity index is 403. The van der Waals surface area contributed by atoms with Crippen LogP contribution in [0.2, 0.25) is 0 Å². The van der Waals surface area contributed by atoms with Gasteiger partial charge in [-0.15, -0.1) is 18.3 Å². The Morgan fingerprint density at radius 1 is 1.50 bits per heavy atom. The van der Waals surface area contributed by atoms with Crippen LogP contribution in [-0.4, -0.2) is 17.4 Å². The van der Waals surface area contributed by atoms with Gasteiger partial charge in [-0.1, -0.05) is 38.1 Å². The van der Waals surface area contributed by atoms with Crippen molar-refractivity contribution in [3.8, 4) is 0 Å². The second-order valence-electron chi connectivity index (χ2n) is 4.25. The standard InChI is InChI=1S/C15H21NOS/c1-4-10-18-11-15(17)16-14-9-7-6-8-13(14)12(3)5-2/h4,6-9,12H,1,5,10-11H2,2-3H3,(H,16,17). The Labute approximate surface area is 114 Å². The summed E-state index contributed by atoms with van der Waals surface area (Å²) in [6.07, 6.45) is 2.88. The number of para-hydroxylation sites is 1. The Kier molecular flexibility index (Phi) is 6.58. The minimum Gasteiger partial charge on any atom is -0.325 e. The van der Waals surface area contributed by atoms with Gasteiger partial charge in [-0.25, -0.2) is 0 Å². The van der Waals surface area contributed by atoms with Crippen molar-refractivity contribution >= 4 is 23.4 Å². The Morgan fingerprint density at radius 2 is 2.22 bits per heavy atom. The summed E-state index contributed by atoms with van der Waals surface area (Å²) >= 11 is 1.57. The van der Waals surface area contributed by atoms with Crippen LogP contribution < -0.4 is 5.32 Å². The van der Waals surface area contributed by atoms with Crippen LogP contribution in [0.25, 0.3) is 0 Å². The molecule has 3 heteroatoms. The van der Waals surface area contributed by atoms with E-state index in [2.05, 4.69) is 31.8 Å². The van der Waals surface area contributed by atoms with E-state index in [1.165, 1.54) is 5.56 Å². The van der Waals surface area contributed by atoms with E-state index in [9.17, 15) is 4.79 Å². The third-order valence-corrected chi connectivity index (χ3v) is 3.78. The number of hydrogen-bond donors (Lipinski definition) is 1. The first-order chi connectivity index (χ1) is 8.69. The first-order valence-electron chi connectivity index (χ1n) is 6.26. The topological polar surface area (TPSA) is 29.1 Å². The van der Waals surface area contributed by atoms with Gasteiger partial charge >= 0.3 is 0 Å². The number of rotatable bonds is 7. The van der Waals surface area contributed by atoms with Crippen LogP contribution >= 0.6 is 11.8 Å². The second kappa shape index (κ2) is 7.98. The van der Waals surface area contributed by atoms with Crippen molar-refractivity contribution in [2.24, 2.45) is 0 Å². The Balaban J connectivity index is 2.66. The molecule has 0 aliphatic carbocycles. The van der Waals surface area contributed by atoms with E-state index in [-0.39, 0.29) is 5.91 Å². The highest BCUT2D eigenvalue weighted by Crippen LogP contribution is 2.26. The molecular weight excluding hydrogens is 242 g/mol. The molecule has 0 aromatic heterocycles. The van der Waals surface area contributed by atoms with Crippen molar-refractivity contribution in [3.63, 3.8) is 0 Å². The fourth-order valence-corrected chi connectivity index (χ4v) is 2.22. The van der Waals surface area contributed by atoms with Crippen molar-refractivity contribution in [1.29, 1.82) is 0 Å². The first-order valence-corrected chi connectivity index (χ1v) is 7.41. The number of carbonyl (C=O) groups is 1. The monoisotopic (exact) mass is 263 g/mol. The predicted octanol–water partition coefficient (Wildman–Crippen LogP) is 4.06. The quantitative estimate of drug-likeness (QED) is 0.594. The molecule has 1 aromatic rings. The minimum absolute atomic E-state index is 0.0533. The molecule has 0 saturated heterocycles. The van der Waals surface area contributed by atoms with Gasteiger partial charge in [-0.2, -0.15) is 0 Å². The molecule has 1 N–H and O–H groups in total. The normalized spacial score (nSPS) is 11.9. The Morgan fingerprint density at radius 3 is 2.89 bits per heavy atom. The van der Waals surface area contributed by atoms with Crippen molar-refractivity contribution in [3.05, 3.63) is 42.5 Å². The van der Waals surface area contributed by atoms with E-state index < -0.39 is 0 Å². The average molecular weight is 263 g/mol.